The normalized spacial score (nSPS) is 17.2. The number of nitrogens with zero attached hydrogens (tertiary/aromatic N) is 8. The van der Waals surface area contributed by atoms with Gasteiger partial charge in [0.15, 0.2) is 11.5 Å². The Morgan fingerprint density at radius 2 is 1.87 bits per heavy atom. The Balaban J connectivity index is 1.45. The van der Waals surface area contributed by atoms with Gasteiger partial charge in [-0.3, -0.25) is 19.1 Å². The lowest BCUT2D eigenvalue weighted by atomic mass is 9.97. The molecule has 4 aromatic heterocycles. The Bertz CT molecular complexity index is 2040. The zero-order valence-corrected chi connectivity index (χ0v) is 24.8. The number of carbonyl (C=O) groups is 1. The number of aromatic nitrogens is 8. The first-order valence-corrected chi connectivity index (χ1v) is 14.4. The summed E-state index contributed by atoms with van der Waals surface area (Å²) in [4.78, 5) is 35.3. The number of alkyl halides is 5. The minimum absolute atomic E-state index is 0.0540. The number of hydrogen-bond acceptors (Lipinski definition) is 7. The lowest BCUT2D eigenvalue weighted by molar-refractivity contribution is -0.141. The van der Waals surface area contributed by atoms with E-state index in [1.165, 1.54) is 35.3 Å². The van der Waals surface area contributed by atoms with E-state index >= 15 is 4.39 Å². The smallest absolute Gasteiger partial charge is 0.323 e. The van der Waals surface area contributed by atoms with E-state index in [0.29, 0.717) is 34.1 Å². The lowest BCUT2D eigenvalue weighted by Crippen LogP contribution is -2.27. The second kappa shape index (κ2) is 12.3. The van der Waals surface area contributed by atoms with Gasteiger partial charge in [-0.1, -0.05) is 30.2 Å². The van der Waals surface area contributed by atoms with Gasteiger partial charge in [0.25, 0.3) is 5.56 Å². The third-order valence-corrected chi connectivity index (χ3v) is 7.90. The summed E-state index contributed by atoms with van der Waals surface area (Å²) >= 11 is 6.07. The largest absolute Gasteiger partial charge is 0.436 e. The number of benzene rings is 1. The highest BCUT2D eigenvalue weighted by Gasteiger charge is 2.35. The molecule has 0 radical (unpaired) electrons. The van der Waals surface area contributed by atoms with Gasteiger partial charge in [0, 0.05) is 34.3 Å². The SMILES string of the molecule is CC1CCCC(n2cnc(-c3cc(Cl)cc(F)c3-n3cc(C(F)(F)F)nn3)cc2=O)c2cc(ccn2)-c2c(cnn2C(F)F)NC1=O. The second-order valence-electron chi connectivity index (χ2n) is 10.8. The molecule has 1 amide bonds. The molecular formula is C29H22ClF6N9O2. The predicted octanol–water partition coefficient (Wildman–Crippen LogP) is 6.30. The van der Waals surface area contributed by atoms with Crippen molar-refractivity contribution in [3.8, 4) is 28.2 Å². The summed E-state index contributed by atoms with van der Waals surface area (Å²) in [5, 5.41) is 12.8. The first-order valence-electron chi connectivity index (χ1n) is 14.0. The van der Waals surface area contributed by atoms with Crippen molar-refractivity contribution in [1.29, 1.82) is 0 Å². The van der Waals surface area contributed by atoms with Gasteiger partial charge in [0.05, 0.1) is 47.5 Å². The van der Waals surface area contributed by atoms with Crippen LogP contribution in [0.2, 0.25) is 5.02 Å². The average Bonchev–Trinajstić information content (AvgIpc) is 3.67. The lowest BCUT2D eigenvalue weighted by Gasteiger charge is -2.22. The molecule has 0 saturated carbocycles. The van der Waals surface area contributed by atoms with Crippen LogP contribution >= 0.6 is 11.6 Å². The Hall–Kier alpha value is -5.06. The molecule has 47 heavy (non-hydrogen) atoms. The standard InChI is InChI=1S/C29H22ClF6N9O2/c1-14-3-2-4-22(20-7-15(5-6-37-20)25-21(40-27(14)47)11-39-45(25)28(32)33)43-13-38-19(10-24(43)46)17-8-16(30)9-18(31)26(17)44-12-23(41-42-44)29(34,35)36/h5-14,22,28H,2-4H2,1H3,(H,40,47). The minimum atomic E-state index is -4.85. The van der Waals surface area contributed by atoms with E-state index in [0.717, 1.165) is 18.3 Å². The first kappa shape index (κ1) is 31.9. The molecule has 2 unspecified atom stereocenters. The van der Waals surface area contributed by atoms with E-state index in [1.54, 1.807) is 6.92 Å². The quantitative estimate of drug-likeness (QED) is 0.221. The zero-order chi connectivity index (χ0) is 33.6. The van der Waals surface area contributed by atoms with Crippen LogP contribution in [0.25, 0.3) is 28.2 Å². The summed E-state index contributed by atoms with van der Waals surface area (Å²) in [7, 11) is 0. The summed E-state index contributed by atoms with van der Waals surface area (Å²) in [6.45, 7) is -1.34. The third-order valence-electron chi connectivity index (χ3n) is 7.69. The monoisotopic (exact) mass is 677 g/mol. The molecule has 0 fully saturated rings. The Labute approximate surface area is 265 Å². The van der Waals surface area contributed by atoms with Crippen molar-refractivity contribution < 1.29 is 31.1 Å². The third kappa shape index (κ3) is 6.22. The summed E-state index contributed by atoms with van der Waals surface area (Å²) in [6.07, 6.45) is 0.434. The molecule has 0 saturated heterocycles. The van der Waals surface area contributed by atoms with Crippen molar-refractivity contribution >= 4 is 23.2 Å². The van der Waals surface area contributed by atoms with Crippen LogP contribution in [0.3, 0.4) is 0 Å². The summed E-state index contributed by atoms with van der Waals surface area (Å²) in [5.74, 6) is -1.96. The predicted molar refractivity (Wildman–Crippen MR) is 155 cm³/mol. The Morgan fingerprint density at radius 1 is 1.09 bits per heavy atom. The van der Waals surface area contributed by atoms with Gasteiger partial charge >= 0.3 is 12.7 Å². The van der Waals surface area contributed by atoms with Crippen molar-refractivity contribution in [2.24, 2.45) is 5.92 Å². The van der Waals surface area contributed by atoms with Crippen molar-refractivity contribution in [1.82, 2.24) is 39.3 Å². The number of hydrogen-bond donors (Lipinski definition) is 1. The zero-order valence-electron chi connectivity index (χ0n) is 24.1. The van der Waals surface area contributed by atoms with Crippen LogP contribution in [-0.2, 0) is 11.0 Å². The molecule has 6 rings (SSSR count). The van der Waals surface area contributed by atoms with Crippen molar-refractivity contribution in [2.75, 3.05) is 5.32 Å². The van der Waals surface area contributed by atoms with Crippen LogP contribution in [0.1, 0.15) is 50.2 Å². The number of pyridine rings is 1. The second-order valence-corrected chi connectivity index (χ2v) is 11.2. The van der Waals surface area contributed by atoms with E-state index < -0.39 is 53.4 Å². The van der Waals surface area contributed by atoms with Gasteiger partial charge in [0.2, 0.25) is 5.91 Å². The summed E-state index contributed by atoms with van der Waals surface area (Å²) in [5.41, 5.74) is -2.14. The van der Waals surface area contributed by atoms with E-state index in [2.05, 4.69) is 30.7 Å². The van der Waals surface area contributed by atoms with Crippen molar-refractivity contribution in [3.63, 3.8) is 0 Å². The molecule has 2 atom stereocenters. The van der Waals surface area contributed by atoms with E-state index in [9.17, 15) is 31.5 Å². The first-order chi connectivity index (χ1) is 22.3. The van der Waals surface area contributed by atoms with Crippen LogP contribution in [-0.4, -0.2) is 45.2 Å². The number of rotatable bonds is 4. The highest BCUT2D eigenvalue weighted by atomic mass is 35.5. The van der Waals surface area contributed by atoms with Gasteiger partial charge in [-0.05, 0) is 37.1 Å². The van der Waals surface area contributed by atoms with Gasteiger partial charge in [-0.15, -0.1) is 5.10 Å². The fourth-order valence-corrected chi connectivity index (χ4v) is 5.59. The van der Waals surface area contributed by atoms with Crippen LogP contribution in [0, 0.1) is 11.7 Å². The molecule has 1 aromatic carbocycles. The van der Waals surface area contributed by atoms with Crippen LogP contribution < -0.4 is 10.9 Å². The molecule has 5 aromatic rings. The molecule has 1 aliphatic heterocycles. The van der Waals surface area contributed by atoms with Gasteiger partial charge in [-0.2, -0.15) is 27.1 Å². The van der Waals surface area contributed by atoms with Crippen LogP contribution in [0.15, 0.2) is 60.0 Å². The summed E-state index contributed by atoms with van der Waals surface area (Å²) < 4.78 is 84.9. The van der Waals surface area contributed by atoms with Crippen molar-refractivity contribution in [3.05, 3.63) is 87.8 Å². The molecule has 0 aliphatic carbocycles. The number of anilines is 1. The van der Waals surface area contributed by atoms with E-state index in [-0.39, 0.29) is 39.6 Å². The van der Waals surface area contributed by atoms with E-state index in [4.69, 9.17) is 11.6 Å². The fourth-order valence-electron chi connectivity index (χ4n) is 5.39. The van der Waals surface area contributed by atoms with Gasteiger partial charge < -0.3 is 5.32 Å². The number of amides is 1. The topological polar surface area (TPSA) is 125 Å². The average molecular weight is 678 g/mol. The highest BCUT2D eigenvalue weighted by Crippen LogP contribution is 2.36. The van der Waals surface area contributed by atoms with Crippen molar-refractivity contribution in [2.45, 2.75) is 45.0 Å². The molecular weight excluding hydrogens is 656 g/mol. The number of halogens is 7. The van der Waals surface area contributed by atoms with E-state index in [1.807, 2.05) is 0 Å². The maximum absolute atomic E-state index is 15.2. The number of carbonyl (C=O) groups excluding carboxylic acids is 1. The molecule has 1 aliphatic rings. The molecule has 11 nitrogen and oxygen atoms in total. The molecule has 18 heteroatoms. The number of fused-ring (bicyclic) bond motifs is 4. The molecule has 0 spiro atoms. The fraction of sp³-hybridized carbons (Fsp3) is 0.276. The molecule has 5 heterocycles. The maximum Gasteiger partial charge on any atom is 0.436 e. The number of nitrogens with one attached hydrogen (secondary N) is 1. The Kier molecular flexibility index (Phi) is 8.33. The molecule has 1 N–H and O–H groups in total. The summed E-state index contributed by atoms with van der Waals surface area (Å²) in [6, 6.07) is 5.33. The molecule has 244 valence electrons. The van der Waals surface area contributed by atoms with Crippen LogP contribution in [0.4, 0.5) is 32.0 Å². The van der Waals surface area contributed by atoms with Crippen LogP contribution in [0.5, 0.6) is 0 Å². The van der Waals surface area contributed by atoms with Gasteiger partial charge in [0.1, 0.15) is 5.69 Å². The van der Waals surface area contributed by atoms with Gasteiger partial charge in [-0.25, -0.2) is 18.7 Å². The minimum Gasteiger partial charge on any atom is -0.323 e. The maximum atomic E-state index is 15.2. The Morgan fingerprint density at radius 3 is 2.57 bits per heavy atom. The highest BCUT2D eigenvalue weighted by molar-refractivity contribution is 6.31. The molecule has 2 bridgehead atoms.